The molecule has 0 aliphatic carbocycles. The van der Waals surface area contributed by atoms with Crippen LogP contribution in [0.4, 0.5) is 0 Å². The van der Waals surface area contributed by atoms with Gasteiger partial charge in [-0.3, -0.25) is 4.99 Å². The lowest BCUT2D eigenvalue weighted by Crippen LogP contribution is -2.33. The SMILES string of the molecule is CCCN=C(N)NCCc1cc(Cl)cc(Cl)c1. The maximum atomic E-state index is 5.91. The van der Waals surface area contributed by atoms with Gasteiger partial charge < -0.3 is 11.1 Å². The number of halogens is 2. The Hall–Kier alpha value is -0.930. The van der Waals surface area contributed by atoms with E-state index in [1.165, 1.54) is 0 Å². The minimum absolute atomic E-state index is 0.486. The zero-order chi connectivity index (χ0) is 12.7. The number of benzene rings is 1. The Morgan fingerprint density at radius 1 is 1.29 bits per heavy atom. The molecule has 0 heterocycles. The van der Waals surface area contributed by atoms with Gasteiger partial charge in [0.25, 0.3) is 0 Å². The molecule has 5 heteroatoms. The number of nitrogens with two attached hydrogens (primary N) is 1. The van der Waals surface area contributed by atoms with E-state index in [-0.39, 0.29) is 0 Å². The largest absolute Gasteiger partial charge is 0.370 e. The Bertz CT molecular complexity index is 371. The molecule has 0 saturated carbocycles. The summed E-state index contributed by atoms with van der Waals surface area (Å²) in [6.07, 6.45) is 1.80. The molecule has 0 aromatic heterocycles. The minimum atomic E-state index is 0.486. The Labute approximate surface area is 112 Å². The Morgan fingerprint density at radius 2 is 1.94 bits per heavy atom. The molecule has 0 aliphatic rings. The second-order valence-corrected chi connectivity index (χ2v) is 4.59. The molecule has 0 atom stereocenters. The summed E-state index contributed by atoms with van der Waals surface area (Å²) in [5.41, 5.74) is 6.75. The minimum Gasteiger partial charge on any atom is -0.370 e. The van der Waals surface area contributed by atoms with E-state index in [4.69, 9.17) is 28.9 Å². The van der Waals surface area contributed by atoms with Crippen LogP contribution >= 0.6 is 23.2 Å². The van der Waals surface area contributed by atoms with E-state index in [1.807, 2.05) is 12.1 Å². The fourth-order valence-electron chi connectivity index (χ4n) is 1.38. The molecule has 1 rings (SSSR count). The van der Waals surface area contributed by atoms with Crippen molar-refractivity contribution in [1.29, 1.82) is 0 Å². The summed E-state index contributed by atoms with van der Waals surface area (Å²) in [4.78, 5) is 4.14. The number of hydrogen-bond donors (Lipinski definition) is 2. The predicted octanol–water partition coefficient (Wildman–Crippen LogP) is 2.85. The smallest absolute Gasteiger partial charge is 0.188 e. The summed E-state index contributed by atoms with van der Waals surface area (Å²) in [6, 6.07) is 5.51. The quantitative estimate of drug-likeness (QED) is 0.640. The Balaban J connectivity index is 2.40. The molecule has 1 aromatic rings. The average molecular weight is 274 g/mol. The molecule has 3 N–H and O–H groups in total. The maximum Gasteiger partial charge on any atom is 0.188 e. The van der Waals surface area contributed by atoms with Crippen LogP contribution in [-0.4, -0.2) is 19.0 Å². The number of aliphatic imine (C=N–C) groups is 1. The normalized spacial score (nSPS) is 11.6. The van der Waals surface area contributed by atoms with Crippen molar-refractivity contribution in [2.45, 2.75) is 19.8 Å². The summed E-state index contributed by atoms with van der Waals surface area (Å²) in [5.74, 6) is 0.486. The van der Waals surface area contributed by atoms with Crippen molar-refractivity contribution in [1.82, 2.24) is 5.32 Å². The number of rotatable bonds is 5. The lowest BCUT2D eigenvalue weighted by Gasteiger charge is -2.06. The molecular weight excluding hydrogens is 257 g/mol. The van der Waals surface area contributed by atoms with Gasteiger partial charge in [-0.25, -0.2) is 0 Å². The summed E-state index contributed by atoms with van der Waals surface area (Å²) in [6.45, 7) is 3.53. The highest BCUT2D eigenvalue weighted by Crippen LogP contribution is 2.19. The third kappa shape index (κ3) is 5.80. The van der Waals surface area contributed by atoms with Crippen molar-refractivity contribution in [2.24, 2.45) is 10.7 Å². The van der Waals surface area contributed by atoms with E-state index in [1.54, 1.807) is 6.07 Å². The molecule has 0 spiro atoms. The lowest BCUT2D eigenvalue weighted by atomic mass is 10.1. The number of nitrogens with zero attached hydrogens (tertiary/aromatic N) is 1. The molecule has 3 nitrogen and oxygen atoms in total. The first-order chi connectivity index (χ1) is 8.11. The van der Waals surface area contributed by atoms with Gasteiger partial charge in [-0.1, -0.05) is 30.1 Å². The molecular formula is C12H17Cl2N3. The van der Waals surface area contributed by atoms with E-state index in [2.05, 4.69) is 17.2 Å². The molecule has 0 radical (unpaired) electrons. The van der Waals surface area contributed by atoms with Crippen LogP contribution in [0.5, 0.6) is 0 Å². The van der Waals surface area contributed by atoms with Gasteiger partial charge in [0.15, 0.2) is 5.96 Å². The standard InChI is InChI=1S/C12H17Cl2N3/c1-2-4-16-12(15)17-5-3-9-6-10(13)8-11(14)7-9/h6-8H,2-5H2,1H3,(H3,15,16,17). The van der Waals surface area contributed by atoms with Gasteiger partial charge in [-0.2, -0.15) is 0 Å². The van der Waals surface area contributed by atoms with Gasteiger partial charge in [0.2, 0.25) is 0 Å². The topological polar surface area (TPSA) is 50.4 Å². The maximum absolute atomic E-state index is 5.91. The van der Waals surface area contributed by atoms with Crippen LogP contribution < -0.4 is 11.1 Å². The number of hydrogen-bond acceptors (Lipinski definition) is 1. The first kappa shape index (κ1) is 14.1. The zero-order valence-corrected chi connectivity index (χ0v) is 11.4. The second kappa shape index (κ2) is 7.41. The second-order valence-electron chi connectivity index (χ2n) is 3.72. The van der Waals surface area contributed by atoms with Gasteiger partial charge in [0.05, 0.1) is 0 Å². The summed E-state index contributed by atoms with van der Waals surface area (Å²) in [7, 11) is 0. The van der Waals surface area contributed by atoms with Gasteiger partial charge in [-0.15, -0.1) is 0 Å². The van der Waals surface area contributed by atoms with E-state index in [0.29, 0.717) is 16.0 Å². The van der Waals surface area contributed by atoms with Gasteiger partial charge in [0.1, 0.15) is 0 Å². The van der Waals surface area contributed by atoms with Crippen molar-refractivity contribution in [2.75, 3.05) is 13.1 Å². The van der Waals surface area contributed by atoms with Gasteiger partial charge in [0, 0.05) is 23.1 Å². The molecule has 0 saturated heterocycles. The van der Waals surface area contributed by atoms with Crippen LogP contribution in [0.2, 0.25) is 10.0 Å². The first-order valence-electron chi connectivity index (χ1n) is 5.60. The lowest BCUT2D eigenvalue weighted by molar-refractivity contribution is 0.839. The predicted molar refractivity (Wildman–Crippen MR) is 74.9 cm³/mol. The van der Waals surface area contributed by atoms with Crippen molar-refractivity contribution in [3.63, 3.8) is 0 Å². The van der Waals surface area contributed by atoms with Crippen molar-refractivity contribution >= 4 is 29.2 Å². The summed E-state index contributed by atoms with van der Waals surface area (Å²) in [5, 5.41) is 4.35. The molecule has 17 heavy (non-hydrogen) atoms. The number of guanidine groups is 1. The molecule has 0 unspecified atom stereocenters. The van der Waals surface area contributed by atoms with Gasteiger partial charge in [-0.05, 0) is 36.6 Å². The highest BCUT2D eigenvalue weighted by atomic mass is 35.5. The van der Waals surface area contributed by atoms with Crippen LogP contribution in [-0.2, 0) is 6.42 Å². The number of nitrogens with one attached hydrogen (secondary N) is 1. The van der Waals surface area contributed by atoms with E-state index < -0.39 is 0 Å². The van der Waals surface area contributed by atoms with Crippen LogP contribution in [0, 0.1) is 0 Å². The van der Waals surface area contributed by atoms with Crippen LogP contribution in [0.1, 0.15) is 18.9 Å². The van der Waals surface area contributed by atoms with E-state index in [9.17, 15) is 0 Å². The highest BCUT2D eigenvalue weighted by molar-refractivity contribution is 6.34. The molecule has 0 amide bonds. The van der Waals surface area contributed by atoms with Crippen molar-refractivity contribution < 1.29 is 0 Å². The molecule has 94 valence electrons. The van der Waals surface area contributed by atoms with Crippen molar-refractivity contribution in [3.8, 4) is 0 Å². The molecule has 0 bridgehead atoms. The first-order valence-corrected chi connectivity index (χ1v) is 6.36. The third-order valence-corrected chi connectivity index (χ3v) is 2.58. The highest BCUT2D eigenvalue weighted by Gasteiger charge is 1.98. The molecule has 0 aliphatic heterocycles. The summed E-state index contributed by atoms with van der Waals surface area (Å²) >= 11 is 11.8. The fourth-order valence-corrected chi connectivity index (χ4v) is 1.95. The van der Waals surface area contributed by atoms with Crippen LogP contribution in [0.3, 0.4) is 0 Å². The Morgan fingerprint density at radius 3 is 2.53 bits per heavy atom. The van der Waals surface area contributed by atoms with E-state index >= 15 is 0 Å². The van der Waals surface area contributed by atoms with Gasteiger partial charge >= 0.3 is 0 Å². The summed E-state index contributed by atoms with van der Waals surface area (Å²) < 4.78 is 0. The monoisotopic (exact) mass is 273 g/mol. The van der Waals surface area contributed by atoms with Crippen LogP contribution in [0.15, 0.2) is 23.2 Å². The van der Waals surface area contributed by atoms with E-state index in [0.717, 1.165) is 31.5 Å². The third-order valence-electron chi connectivity index (χ3n) is 2.15. The zero-order valence-electron chi connectivity index (χ0n) is 9.84. The Kier molecular flexibility index (Phi) is 6.16. The average Bonchev–Trinajstić information content (AvgIpc) is 2.25. The van der Waals surface area contributed by atoms with Crippen LogP contribution in [0.25, 0.3) is 0 Å². The van der Waals surface area contributed by atoms with Crippen molar-refractivity contribution in [3.05, 3.63) is 33.8 Å². The molecule has 0 fully saturated rings. The molecule has 1 aromatic carbocycles. The fraction of sp³-hybridized carbons (Fsp3) is 0.417.